The number of morpholine rings is 1. The van der Waals surface area contributed by atoms with Gasteiger partial charge in [-0.05, 0) is 54.4 Å². The van der Waals surface area contributed by atoms with E-state index in [0.717, 1.165) is 51.3 Å². The molecular formula is C31H32F2N6O4S. The fraction of sp³-hybridized carbons (Fsp3) is 0.323. The van der Waals surface area contributed by atoms with Crippen LogP contribution in [0.25, 0.3) is 21.3 Å². The van der Waals surface area contributed by atoms with Gasteiger partial charge in [-0.25, -0.2) is 23.4 Å². The highest BCUT2D eigenvalue weighted by atomic mass is 32.1. The second kappa shape index (κ2) is 13.0. The summed E-state index contributed by atoms with van der Waals surface area (Å²) in [7, 11) is 0. The van der Waals surface area contributed by atoms with E-state index in [1.807, 2.05) is 12.1 Å². The Hall–Kier alpha value is -4.49. The first-order valence-electron chi connectivity index (χ1n) is 14.5. The Morgan fingerprint density at radius 3 is 2.36 bits per heavy atom. The predicted octanol–water partition coefficient (Wildman–Crippen LogP) is 6.00. The number of piperazine rings is 1. The fourth-order valence-corrected chi connectivity index (χ4v) is 6.34. The molecule has 2 saturated heterocycles. The van der Waals surface area contributed by atoms with Crippen LogP contribution in [0.3, 0.4) is 0 Å². The van der Waals surface area contributed by atoms with Crippen molar-refractivity contribution in [1.29, 1.82) is 0 Å². The highest BCUT2D eigenvalue weighted by Crippen LogP contribution is 2.39. The minimum absolute atomic E-state index is 0.116. The van der Waals surface area contributed by atoms with Crippen molar-refractivity contribution in [2.24, 2.45) is 0 Å². The molecule has 0 atom stereocenters. The second-order valence-corrected chi connectivity index (χ2v) is 11.4. The Morgan fingerprint density at radius 2 is 1.66 bits per heavy atom. The fourth-order valence-electron chi connectivity index (χ4n) is 5.26. The van der Waals surface area contributed by atoms with Gasteiger partial charge < -0.3 is 34.8 Å². The zero-order valence-electron chi connectivity index (χ0n) is 24.1. The van der Waals surface area contributed by atoms with Crippen LogP contribution in [0, 0.1) is 11.6 Å². The molecule has 3 amide bonds. The number of halogens is 2. The summed E-state index contributed by atoms with van der Waals surface area (Å²) in [6.45, 7) is 7.47. The minimum atomic E-state index is -0.855. The van der Waals surface area contributed by atoms with Crippen molar-refractivity contribution < 1.29 is 27.8 Å². The van der Waals surface area contributed by atoms with Crippen LogP contribution in [0.4, 0.5) is 40.6 Å². The van der Waals surface area contributed by atoms with Crippen LogP contribution in [0.5, 0.6) is 0 Å². The number of amides is 3. The van der Waals surface area contributed by atoms with E-state index < -0.39 is 17.7 Å². The maximum Gasteiger partial charge on any atom is 0.409 e. The Bertz CT molecular complexity index is 1650. The van der Waals surface area contributed by atoms with Gasteiger partial charge >= 0.3 is 12.1 Å². The molecule has 1 aromatic heterocycles. The Labute approximate surface area is 257 Å². The molecule has 3 heterocycles. The molecule has 44 heavy (non-hydrogen) atoms. The summed E-state index contributed by atoms with van der Waals surface area (Å²) >= 11 is 1.63. The highest BCUT2D eigenvalue weighted by molar-refractivity contribution is 7.22. The third-order valence-electron chi connectivity index (χ3n) is 7.55. The molecule has 2 aliphatic heterocycles. The molecule has 13 heteroatoms. The van der Waals surface area contributed by atoms with Crippen molar-refractivity contribution in [3.8, 4) is 11.1 Å². The van der Waals surface area contributed by atoms with Crippen LogP contribution in [-0.2, 0) is 9.47 Å². The standard InChI is InChI=1S/C31H32F2N6O4S/c1-2-43-31(41)39-11-9-38(10-12-39)30-36-28-26(37-13-15-42-16-14-37)17-21(18-27(28)44-30)20-3-6-23(7-4-20)34-29(40)35-25-8-5-22(32)19-24(25)33/h3-8,17-19H,2,9-16H2,1H3,(H2,34,35,40). The number of aromatic nitrogens is 1. The van der Waals surface area contributed by atoms with E-state index in [9.17, 15) is 18.4 Å². The van der Waals surface area contributed by atoms with Crippen molar-refractivity contribution >= 4 is 55.9 Å². The molecule has 2 fully saturated rings. The van der Waals surface area contributed by atoms with Crippen LogP contribution >= 0.6 is 11.3 Å². The van der Waals surface area contributed by atoms with E-state index in [1.54, 1.807) is 35.3 Å². The molecule has 230 valence electrons. The first-order valence-corrected chi connectivity index (χ1v) is 15.3. The topological polar surface area (TPSA) is 99.3 Å². The number of rotatable bonds is 6. The molecule has 2 aliphatic rings. The van der Waals surface area contributed by atoms with Gasteiger partial charge in [-0.1, -0.05) is 23.5 Å². The molecule has 0 saturated carbocycles. The number of hydrogen-bond donors (Lipinski definition) is 2. The van der Waals surface area contributed by atoms with Gasteiger partial charge in [0.25, 0.3) is 0 Å². The number of thiazole rings is 1. The largest absolute Gasteiger partial charge is 0.450 e. The first-order chi connectivity index (χ1) is 21.4. The lowest BCUT2D eigenvalue weighted by molar-refractivity contribution is 0.105. The zero-order chi connectivity index (χ0) is 30.6. The average molecular weight is 623 g/mol. The number of hydrogen-bond acceptors (Lipinski definition) is 8. The first kappa shape index (κ1) is 29.6. The zero-order valence-corrected chi connectivity index (χ0v) is 25.0. The van der Waals surface area contributed by atoms with Gasteiger partial charge in [-0.2, -0.15) is 0 Å². The van der Waals surface area contributed by atoms with Gasteiger partial charge in [-0.3, -0.25) is 0 Å². The number of urea groups is 1. The van der Waals surface area contributed by atoms with Crippen molar-refractivity contribution in [1.82, 2.24) is 9.88 Å². The minimum Gasteiger partial charge on any atom is -0.450 e. The van der Waals surface area contributed by atoms with Crippen molar-refractivity contribution in [2.75, 3.05) is 79.5 Å². The normalized spacial score (nSPS) is 15.4. The van der Waals surface area contributed by atoms with Gasteiger partial charge in [-0.15, -0.1) is 0 Å². The molecule has 2 N–H and O–H groups in total. The van der Waals surface area contributed by atoms with Crippen LogP contribution in [0.15, 0.2) is 54.6 Å². The summed E-state index contributed by atoms with van der Waals surface area (Å²) in [4.78, 5) is 35.9. The van der Waals surface area contributed by atoms with Crippen molar-refractivity contribution in [3.63, 3.8) is 0 Å². The molecule has 0 unspecified atom stereocenters. The van der Waals surface area contributed by atoms with E-state index in [2.05, 4.69) is 32.6 Å². The quantitative estimate of drug-likeness (QED) is 0.272. The summed E-state index contributed by atoms with van der Waals surface area (Å²) < 4.78 is 38.9. The molecule has 6 rings (SSSR count). The number of benzene rings is 3. The lowest BCUT2D eigenvalue weighted by Crippen LogP contribution is -2.48. The third kappa shape index (κ3) is 6.53. The van der Waals surface area contributed by atoms with Gasteiger partial charge in [0, 0.05) is 51.0 Å². The van der Waals surface area contributed by atoms with Gasteiger partial charge in [0.05, 0.1) is 35.9 Å². The summed E-state index contributed by atoms with van der Waals surface area (Å²) in [6, 6.07) is 14.0. The molecule has 10 nitrogen and oxygen atoms in total. The number of nitrogens with zero attached hydrogens (tertiary/aromatic N) is 4. The number of anilines is 4. The number of nitrogens with one attached hydrogen (secondary N) is 2. The molecule has 0 bridgehead atoms. The van der Waals surface area contributed by atoms with E-state index >= 15 is 0 Å². The summed E-state index contributed by atoms with van der Waals surface area (Å²) in [5.41, 5.74) is 4.34. The number of fused-ring (bicyclic) bond motifs is 1. The Balaban J connectivity index is 1.22. The monoisotopic (exact) mass is 622 g/mol. The SMILES string of the molecule is CCOC(=O)N1CCN(c2nc3c(N4CCOCC4)cc(-c4ccc(NC(=O)Nc5ccc(F)cc5F)cc4)cc3s2)CC1. The smallest absolute Gasteiger partial charge is 0.409 e. The number of carbonyl (C=O) groups excluding carboxylic acids is 2. The maximum absolute atomic E-state index is 13.9. The molecule has 0 aliphatic carbocycles. The lowest BCUT2D eigenvalue weighted by Gasteiger charge is -2.33. The lowest BCUT2D eigenvalue weighted by atomic mass is 10.0. The summed E-state index contributed by atoms with van der Waals surface area (Å²) in [5.74, 6) is -1.57. The molecule has 3 aromatic carbocycles. The summed E-state index contributed by atoms with van der Waals surface area (Å²) in [6.07, 6.45) is -0.278. The van der Waals surface area contributed by atoms with Crippen molar-refractivity contribution in [2.45, 2.75) is 6.92 Å². The number of carbonyl (C=O) groups is 2. The molecule has 4 aromatic rings. The van der Waals surface area contributed by atoms with E-state index in [1.165, 1.54) is 6.07 Å². The van der Waals surface area contributed by atoms with E-state index in [0.29, 0.717) is 57.8 Å². The van der Waals surface area contributed by atoms with Crippen LogP contribution in [0.2, 0.25) is 0 Å². The van der Waals surface area contributed by atoms with Crippen molar-refractivity contribution in [3.05, 3.63) is 66.2 Å². The number of ether oxygens (including phenoxy) is 2. The highest BCUT2D eigenvalue weighted by Gasteiger charge is 2.25. The van der Waals surface area contributed by atoms with E-state index in [-0.39, 0.29) is 11.8 Å². The van der Waals surface area contributed by atoms with Gasteiger partial charge in [0.15, 0.2) is 5.13 Å². The molecule has 0 spiro atoms. The second-order valence-electron chi connectivity index (χ2n) is 10.4. The van der Waals surface area contributed by atoms with Gasteiger partial charge in [0.2, 0.25) is 0 Å². The predicted molar refractivity (Wildman–Crippen MR) is 168 cm³/mol. The van der Waals surface area contributed by atoms with Crippen LogP contribution < -0.4 is 20.4 Å². The molecular weight excluding hydrogens is 590 g/mol. The molecule has 0 radical (unpaired) electrons. The average Bonchev–Trinajstić information content (AvgIpc) is 3.47. The van der Waals surface area contributed by atoms with Crippen LogP contribution in [-0.4, -0.2) is 81.1 Å². The van der Waals surface area contributed by atoms with Gasteiger partial charge in [0.1, 0.15) is 17.2 Å². The maximum atomic E-state index is 13.9. The summed E-state index contributed by atoms with van der Waals surface area (Å²) in [5, 5.41) is 5.99. The Morgan fingerprint density at radius 1 is 0.909 bits per heavy atom. The third-order valence-corrected chi connectivity index (χ3v) is 8.61. The van der Waals surface area contributed by atoms with E-state index in [4.69, 9.17) is 14.5 Å². The van der Waals surface area contributed by atoms with Crippen LogP contribution in [0.1, 0.15) is 6.92 Å². The Kier molecular flexibility index (Phi) is 8.75.